The van der Waals surface area contributed by atoms with E-state index in [0.29, 0.717) is 19.4 Å². The van der Waals surface area contributed by atoms with Gasteiger partial charge in [-0.1, -0.05) is 74.5 Å². The minimum Gasteiger partial charge on any atom is -0.352 e. The maximum atomic E-state index is 13.1. The number of hydrogen-bond donors (Lipinski definition) is 1. The molecule has 0 radical (unpaired) electrons. The van der Waals surface area contributed by atoms with E-state index in [1.54, 1.807) is 4.90 Å². The van der Waals surface area contributed by atoms with Crippen LogP contribution in [0.4, 0.5) is 0 Å². The highest BCUT2D eigenvalue weighted by atomic mass is 16.2. The molecule has 2 aromatic carbocycles. The molecule has 2 unspecified atom stereocenters. The van der Waals surface area contributed by atoms with E-state index >= 15 is 0 Å². The standard InChI is InChI=1S/C24H32N2O2/c1-4-19(3)25-24(28)22(5-2)26(17-16-20-12-8-6-9-13-20)23(27)18-21-14-10-7-11-15-21/h6-15,19,22H,4-5,16-18H2,1-3H3,(H,25,28). The number of rotatable bonds is 10. The molecule has 2 aromatic rings. The molecular formula is C24H32N2O2. The molecule has 2 amide bonds. The average Bonchev–Trinajstić information content (AvgIpc) is 2.72. The highest BCUT2D eigenvalue weighted by Crippen LogP contribution is 2.12. The second-order valence-corrected chi connectivity index (χ2v) is 7.23. The van der Waals surface area contributed by atoms with Crippen molar-refractivity contribution in [2.75, 3.05) is 6.54 Å². The van der Waals surface area contributed by atoms with Crippen LogP contribution in [0.3, 0.4) is 0 Å². The molecule has 0 fully saturated rings. The fraction of sp³-hybridized carbons (Fsp3) is 0.417. The van der Waals surface area contributed by atoms with Gasteiger partial charge in [-0.15, -0.1) is 0 Å². The van der Waals surface area contributed by atoms with Crippen molar-refractivity contribution < 1.29 is 9.59 Å². The highest BCUT2D eigenvalue weighted by Gasteiger charge is 2.28. The van der Waals surface area contributed by atoms with Gasteiger partial charge in [-0.2, -0.15) is 0 Å². The van der Waals surface area contributed by atoms with Crippen molar-refractivity contribution >= 4 is 11.8 Å². The van der Waals surface area contributed by atoms with Crippen molar-refractivity contribution in [1.82, 2.24) is 10.2 Å². The van der Waals surface area contributed by atoms with Crippen LogP contribution in [0.2, 0.25) is 0 Å². The van der Waals surface area contributed by atoms with E-state index in [2.05, 4.69) is 17.4 Å². The van der Waals surface area contributed by atoms with Crippen LogP contribution in [0.25, 0.3) is 0 Å². The lowest BCUT2D eigenvalue weighted by atomic mass is 10.1. The Kier molecular flexibility index (Phi) is 8.73. The largest absolute Gasteiger partial charge is 0.352 e. The first-order chi connectivity index (χ1) is 13.5. The first-order valence-corrected chi connectivity index (χ1v) is 10.2. The van der Waals surface area contributed by atoms with Crippen LogP contribution in [-0.2, 0) is 22.4 Å². The molecule has 4 heteroatoms. The quantitative estimate of drug-likeness (QED) is 0.677. The average molecular weight is 381 g/mol. The van der Waals surface area contributed by atoms with E-state index in [4.69, 9.17) is 0 Å². The monoisotopic (exact) mass is 380 g/mol. The summed E-state index contributed by atoms with van der Waals surface area (Å²) in [6, 6.07) is 19.5. The predicted octanol–water partition coefficient (Wildman–Crippen LogP) is 3.99. The van der Waals surface area contributed by atoms with Crippen molar-refractivity contribution in [2.24, 2.45) is 0 Å². The van der Waals surface area contributed by atoms with Crippen LogP contribution in [0.1, 0.15) is 44.7 Å². The zero-order chi connectivity index (χ0) is 20.4. The number of benzene rings is 2. The van der Waals surface area contributed by atoms with Gasteiger partial charge in [-0.3, -0.25) is 9.59 Å². The van der Waals surface area contributed by atoms with Gasteiger partial charge in [-0.05, 0) is 37.3 Å². The number of carbonyl (C=O) groups excluding carboxylic acids is 2. The number of hydrogen-bond acceptors (Lipinski definition) is 2. The lowest BCUT2D eigenvalue weighted by Crippen LogP contribution is -2.52. The summed E-state index contributed by atoms with van der Waals surface area (Å²) < 4.78 is 0. The molecule has 0 aromatic heterocycles. The van der Waals surface area contributed by atoms with Gasteiger partial charge >= 0.3 is 0 Å². The molecule has 0 heterocycles. The Morgan fingerprint density at radius 3 is 2.00 bits per heavy atom. The molecule has 0 bridgehead atoms. The van der Waals surface area contributed by atoms with Crippen molar-refractivity contribution in [1.29, 1.82) is 0 Å². The Morgan fingerprint density at radius 1 is 0.893 bits per heavy atom. The molecule has 1 N–H and O–H groups in total. The van der Waals surface area contributed by atoms with E-state index in [0.717, 1.165) is 24.0 Å². The molecule has 2 rings (SSSR count). The SMILES string of the molecule is CCC(C)NC(=O)C(CC)N(CCc1ccccc1)C(=O)Cc1ccccc1. The summed E-state index contributed by atoms with van der Waals surface area (Å²) in [6.07, 6.45) is 2.50. The topological polar surface area (TPSA) is 49.4 Å². The van der Waals surface area contributed by atoms with Crippen LogP contribution in [0.5, 0.6) is 0 Å². The smallest absolute Gasteiger partial charge is 0.243 e. The van der Waals surface area contributed by atoms with E-state index in [-0.39, 0.29) is 17.9 Å². The van der Waals surface area contributed by atoms with Crippen molar-refractivity contribution in [3.8, 4) is 0 Å². The maximum Gasteiger partial charge on any atom is 0.243 e. The number of nitrogens with zero attached hydrogens (tertiary/aromatic N) is 1. The highest BCUT2D eigenvalue weighted by molar-refractivity contribution is 5.88. The van der Waals surface area contributed by atoms with Gasteiger partial charge in [0.15, 0.2) is 0 Å². The fourth-order valence-electron chi connectivity index (χ4n) is 3.21. The molecule has 2 atom stereocenters. The van der Waals surface area contributed by atoms with Crippen LogP contribution < -0.4 is 5.32 Å². The van der Waals surface area contributed by atoms with Crippen LogP contribution in [-0.4, -0.2) is 35.3 Å². The van der Waals surface area contributed by atoms with E-state index in [9.17, 15) is 9.59 Å². The van der Waals surface area contributed by atoms with Crippen molar-refractivity contribution in [3.63, 3.8) is 0 Å². The molecule has 0 spiro atoms. The molecule has 28 heavy (non-hydrogen) atoms. The van der Waals surface area contributed by atoms with Crippen LogP contribution in [0.15, 0.2) is 60.7 Å². The molecule has 4 nitrogen and oxygen atoms in total. The molecule has 0 saturated heterocycles. The molecular weight excluding hydrogens is 348 g/mol. The Bertz CT molecular complexity index is 731. The zero-order valence-corrected chi connectivity index (χ0v) is 17.2. The van der Waals surface area contributed by atoms with Gasteiger partial charge in [0.2, 0.25) is 11.8 Å². The van der Waals surface area contributed by atoms with Gasteiger partial charge in [-0.25, -0.2) is 0 Å². The summed E-state index contributed by atoms with van der Waals surface area (Å²) in [4.78, 5) is 27.7. The zero-order valence-electron chi connectivity index (χ0n) is 17.2. The minimum atomic E-state index is -0.450. The maximum absolute atomic E-state index is 13.1. The summed E-state index contributed by atoms with van der Waals surface area (Å²) in [6.45, 7) is 6.53. The summed E-state index contributed by atoms with van der Waals surface area (Å²) in [5.41, 5.74) is 2.13. The summed E-state index contributed by atoms with van der Waals surface area (Å²) >= 11 is 0. The Balaban J connectivity index is 2.17. The van der Waals surface area contributed by atoms with Gasteiger partial charge < -0.3 is 10.2 Å². The number of nitrogens with one attached hydrogen (secondary N) is 1. The summed E-state index contributed by atoms with van der Waals surface area (Å²) in [5, 5.41) is 3.05. The summed E-state index contributed by atoms with van der Waals surface area (Å²) in [7, 11) is 0. The molecule has 0 aliphatic rings. The lowest BCUT2D eigenvalue weighted by molar-refractivity contribution is -0.140. The third-order valence-corrected chi connectivity index (χ3v) is 5.07. The second kappa shape index (κ2) is 11.3. The molecule has 0 aliphatic carbocycles. The van der Waals surface area contributed by atoms with Gasteiger partial charge in [0.05, 0.1) is 6.42 Å². The molecule has 150 valence electrons. The Morgan fingerprint density at radius 2 is 1.46 bits per heavy atom. The normalized spacial score (nSPS) is 12.8. The van der Waals surface area contributed by atoms with Crippen LogP contribution in [0, 0.1) is 0 Å². The van der Waals surface area contributed by atoms with E-state index in [1.807, 2.05) is 69.3 Å². The first kappa shape index (κ1) is 21.7. The number of amides is 2. The van der Waals surface area contributed by atoms with Crippen molar-refractivity contribution in [3.05, 3.63) is 71.8 Å². The van der Waals surface area contributed by atoms with E-state index in [1.165, 1.54) is 0 Å². The number of carbonyl (C=O) groups is 2. The third-order valence-electron chi connectivity index (χ3n) is 5.07. The van der Waals surface area contributed by atoms with Gasteiger partial charge in [0.1, 0.15) is 6.04 Å². The third kappa shape index (κ3) is 6.52. The fourth-order valence-corrected chi connectivity index (χ4v) is 3.21. The predicted molar refractivity (Wildman–Crippen MR) is 114 cm³/mol. The Labute approximate surface area is 169 Å². The van der Waals surface area contributed by atoms with Gasteiger partial charge in [0, 0.05) is 12.6 Å². The van der Waals surface area contributed by atoms with E-state index < -0.39 is 6.04 Å². The summed E-state index contributed by atoms with van der Waals surface area (Å²) in [5.74, 6) is -0.0698. The minimum absolute atomic E-state index is 0.00622. The first-order valence-electron chi connectivity index (χ1n) is 10.2. The second-order valence-electron chi connectivity index (χ2n) is 7.23. The molecule has 0 saturated carbocycles. The Hall–Kier alpha value is -2.62. The lowest BCUT2D eigenvalue weighted by Gasteiger charge is -2.31. The van der Waals surface area contributed by atoms with Gasteiger partial charge in [0.25, 0.3) is 0 Å². The molecule has 0 aliphatic heterocycles. The van der Waals surface area contributed by atoms with Crippen LogP contribution >= 0.6 is 0 Å². The van der Waals surface area contributed by atoms with Crippen molar-refractivity contribution in [2.45, 2.75) is 58.5 Å².